The van der Waals surface area contributed by atoms with Crippen LogP contribution in [0.2, 0.25) is 0 Å². The maximum atomic E-state index is 7.40. The number of pyridine rings is 1. The number of nitrogen functional groups attached to an aromatic ring is 1. The Morgan fingerprint density at radius 2 is 2.00 bits per heavy atom. The number of hydrogen-bond donors (Lipinski definition) is 2. The predicted octanol–water partition coefficient (Wildman–Crippen LogP) is 3.59. The molecule has 0 aliphatic heterocycles. The first-order chi connectivity index (χ1) is 9.47. The zero-order valence-corrected chi connectivity index (χ0v) is 12.0. The van der Waals surface area contributed by atoms with Gasteiger partial charge >= 0.3 is 0 Å². The number of rotatable bonds is 4. The van der Waals surface area contributed by atoms with E-state index in [1.54, 1.807) is 18.3 Å². The van der Waals surface area contributed by atoms with Crippen LogP contribution in [0.3, 0.4) is 0 Å². The first-order valence-electron chi connectivity index (χ1n) is 6.56. The van der Waals surface area contributed by atoms with Crippen molar-refractivity contribution in [3.05, 3.63) is 53.3 Å². The molecule has 2 rings (SSSR count). The van der Waals surface area contributed by atoms with E-state index in [0.717, 1.165) is 11.3 Å². The van der Waals surface area contributed by atoms with Gasteiger partial charge in [0, 0.05) is 12.3 Å². The zero-order valence-electron chi connectivity index (χ0n) is 12.0. The molecule has 2 aromatic rings. The van der Waals surface area contributed by atoms with Crippen molar-refractivity contribution >= 4 is 5.84 Å². The van der Waals surface area contributed by atoms with Crippen molar-refractivity contribution in [2.24, 2.45) is 5.73 Å². The van der Waals surface area contributed by atoms with Gasteiger partial charge in [0.25, 0.3) is 0 Å². The fraction of sp³-hybridized carbons (Fsp3) is 0.250. The van der Waals surface area contributed by atoms with Crippen molar-refractivity contribution in [3.8, 4) is 11.5 Å². The first-order valence-corrected chi connectivity index (χ1v) is 6.56. The summed E-state index contributed by atoms with van der Waals surface area (Å²) in [5, 5.41) is 7.40. The molecule has 1 aromatic carbocycles. The molecular formula is C16H19N3O. The Morgan fingerprint density at radius 3 is 2.65 bits per heavy atom. The average molecular weight is 269 g/mol. The third-order valence-electron chi connectivity index (χ3n) is 3.11. The van der Waals surface area contributed by atoms with Crippen LogP contribution in [0.4, 0.5) is 0 Å². The largest absolute Gasteiger partial charge is 0.457 e. The monoisotopic (exact) mass is 269 g/mol. The highest BCUT2D eigenvalue weighted by atomic mass is 16.5. The van der Waals surface area contributed by atoms with Crippen LogP contribution in [-0.4, -0.2) is 10.8 Å². The van der Waals surface area contributed by atoms with Gasteiger partial charge in [0.05, 0.1) is 0 Å². The van der Waals surface area contributed by atoms with E-state index in [9.17, 15) is 0 Å². The molecule has 0 atom stereocenters. The number of amidine groups is 1. The third kappa shape index (κ3) is 3.15. The number of benzene rings is 1. The molecule has 4 nitrogen and oxygen atoms in total. The van der Waals surface area contributed by atoms with Gasteiger partial charge in [-0.05, 0) is 36.1 Å². The van der Waals surface area contributed by atoms with Crippen molar-refractivity contribution in [2.45, 2.75) is 26.7 Å². The summed E-state index contributed by atoms with van der Waals surface area (Å²) in [7, 11) is 0. The minimum atomic E-state index is -0.0666. The summed E-state index contributed by atoms with van der Waals surface area (Å²) in [5.41, 5.74) is 8.15. The maximum absolute atomic E-state index is 7.40. The Balaban J connectivity index is 2.32. The number of hydrogen-bond acceptors (Lipinski definition) is 3. The summed E-state index contributed by atoms with van der Waals surface area (Å²) in [6.07, 6.45) is 1.59. The molecule has 0 radical (unpaired) electrons. The lowest BCUT2D eigenvalue weighted by molar-refractivity contribution is 0.477. The van der Waals surface area contributed by atoms with E-state index in [0.29, 0.717) is 17.4 Å². The van der Waals surface area contributed by atoms with Crippen LogP contribution in [0.15, 0.2) is 36.5 Å². The summed E-state index contributed by atoms with van der Waals surface area (Å²) in [4.78, 5) is 4.02. The summed E-state index contributed by atoms with van der Waals surface area (Å²) < 4.78 is 5.90. The van der Waals surface area contributed by atoms with Crippen LogP contribution in [0, 0.1) is 12.3 Å². The molecule has 0 spiro atoms. The number of nitrogens with two attached hydrogens (primary N) is 1. The van der Waals surface area contributed by atoms with Gasteiger partial charge in [-0.1, -0.05) is 26.0 Å². The molecule has 0 bridgehead atoms. The van der Waals surface area contributed by atoms with Gasteiger partial charge in [0.15, 0.2) is 0 Å². The lowest BCUT2D eigenvalue weighted by Gasteiger charge is -2.13. The fourth-order valence-electron chi connectivity index (χ4n) is 1.83. The summed E-state index contributed by atoms with van der Waals surface area (Å²) in [5.74, 6) is 1.83. The van der Waals surface area contributed by atoms with Gasteiger partial charge in [-0.3, -0.25) is 10.4 Å². The molecule has 0 saturated heterocycles. The van der Waals surface area contributed by atoms with Crippen LogP contribution in [-0.2, 0) is 0 Å². The predicted molar refractivity (Wildman–Crippen MR) is 80.6 cm³/mol. The molecule has 1 heterocycles. The minimum Gasteiger partial charge on any atom is -0.457 e. The molecule has 1 aromatic heterocycles. The Bertz CT molecular complexity index is 635. The number of aryl methyl sites for hydroxylation is 1. The van der Waals surface area contributed by atoms with Gasteiger partial charge in [-0.15, -0.1) is 0 Å². The lowest BCUT2D eigenvalue weighted by atomic mass is 10.0. The Kier molecular flexibility index (Phi) is 4.03. The number of nitrogens with one attached hydrogen (secondary N) is 1. The number of nitrogens with zero attached hydrogens (tertiary/aromatic N) is 1. The molecule has 3 N–H and O–H groups in total. The van der Waals surface area contributed by atoms with Crippen LogP contribution in [0.25, 0.3) is 0 Å². The number of ether oxygens (including phenoxy) is 1. The van der Waals surface area contributed by atoms with E-state index in [-0.39, 0.29) is 5.84 Å². The SMILES string of the molecule is Cc1ccc(C(C)C)cc1Oc1ccnc(C(=N)N)c1. The summed E-state index contributed by atoms with van der Waals surface area (Å²) >= 11 is 0. The van der Waals surface area contributed by atoms with Crippen LogP contribution in [0.5, 0.6) is 11.5 Å². The highest BCUT2D eigenvalue weighted by molar-refractivity contribution is 5.93. The molecule has 0 aliphatic carbocycles. The van der Waals surface area contributed by atoms with Gasteiger partial charge < -0.3 is 10.5 Å². The van der Waals surface area contributed by atoms with Gasteiger partial charge in [0.1, 0.15) is 23.0 Å². The molecule has 4 heteroatoms. The quantitative estimate of drug-likeness (QED) is 0.658. The van der Waals surface area contributed by atoms with E-state index in [1.165, 1.54) is 5.56 Å². The molecule has 20 heavy (non-hydrogen) atoms. The van der Waals surface area contributed by atoms with Crippen molar-refractivity contribution < 1.29 is 4.74 Å². The Hall–Kier alpha value is -2.36. The van der Waals surface area contributed by atoms with Crippen molar-refractivity contribution in [1.29, 1.82) is 5.41 Å². The average Bonchev–Trinajstić information content (AvgIpc) is 2.41. The molecule has 0 saturated carbocycles. The standard InChI is InChI=1S/C16H19N3O/c1-10(2)12-5-4-11(3)15(8-12)20-13-6-7-19-14(9-13)16(17)18/h4-10H,1-3H3,(H3,17,18). The fourth-order valence-corrected chi connectivity index (χ4v) is 1.83. The van der Waals surface area contributed by atoms with Crippen molar-refractivity contribution in [1.82, 2.24) is 4.98 Å². The van der Waals surface area contributed by atoms with E-state index >= 15 is 0 Å². The van der Waals surface area contributed by atoms with Crippen molar-refractivity contribution in [2.75, 3.05) is 0 Å². The van der Waals surface area contributed by atoms with E-state index < -0.39 is 0 Å². The molecule has 0 unspecified atom stereocenters. The second-order valence-corrected chi connectivity index (χ2v) is 5.07. The topological polar surface area (TPSA) is 72.0 Å². The molecule has 0 fully saturated rings. The molecular weight excluding hydrogens is 250 g/mol. The normalized spacial score (nSPS) is 10.6. The van der Waals surface area contributed by atoms with Gasteiger partial charge in [0.2, 0.25) is 0 Å². The zero-order chi connectivity index (χ0) is 14.7. The van der Waals surface area contributed by atoms with E-state index in [2.05, 4.69) is 31.0 Å². The first kappa shape index (κ1) is 14.1. The van der Waals surface area contributed by atoms with Gasteiger partial charge in [-0.2, -0.15) is 0 Å². The smallest absolute Gasteiger partial charge is 0.141 e. The maximum Gasteiger partial charge on any atom is 0.141 e. The van der Waals surface area contributed by atoms with Gasteiger partial charge in [-0.25, -0.2) is 0 Å². The van der Waals surface area contributed by atoms with Crippen LogP contribution in [0.1, 0.15) is 36.6 Å². The summed E-state index contributed by atoms with van der Waals surface area (Å²) in [6.45, 7) is 6.30. The second-order valence-electron chi connectivity index (χ2n) is 5.07. The van der Waals surface area contributed by atoms with Crippen molar-refractivity contribution in [3.63, 3.8) is 0 Å². The molecule has 0 amide bonds. The second kappa shape index (κ2) is 5.74. The summed E-state index contributed by atoms with van der Waals surface area (Å²) in [6, 6.07) is 9.64. The highest BCUT2D eigenvalue weighted by Gasteiger charge is 2.07. The molecule has 104 valence electrons. The minimum absolute atomic E-state index is 0.0666. The Morgan fingerprint density at radius 1 is 1.25 bits per heavy atom. The number of aromatic nitrogens is 1. The Labute approximate surface area is 119 Å². The third-order valence-corrected chi connectivity index (χ3v) is 3.11. The highest BCUT2D eigenvalue weighted by Crippen LogP contribution is 2.28. The van der Waals surface area contributed by atoms with E-state index in [4.69, 9.17) is 15.9 Å². The van der Waals surface area contributed by atoms with Crippen LogP contribution < -0.4 is 10.5 Å². The van der Waals surface area contributed by atoms with E-state index in [1.807, 2.05) is 13.0 Å². The molecule has 0 aliphatic rings. The van der Waals surface area contributed by atoms with Crippen LogP contribution >= 0.6 is 0 Å². The lowest BCUT2D eigenvalue weighted by Crippen LogP contribution is -2.12.